The van der Waals surface area contributed by atoms with Gasteiger partial charge in [-0.05, 0) is 62.6 Å². The van der Waals surface area contributed by atoms with E-state index in [1.54, 1.807) is 25.4 Å². The molecule has 0 aliphatic carbocycles. The van der Waals surface area contributed by atoms with Crippen LogP contribution in [0.2, 0.25) is 0 Å². The standard InChI is InChI=1S/C29H37FN6O3/c1-20-15-25(39-14-13-38-3)17-31-28(20)34-11-12-35(21(2)18-34)27-16-26(22-6-8-23(30)9-7-22)32-29(33-27)36-10-4-5-24(36)19-37/h6-9,15-17,21,24,37H,4-5,10-14,18-19H2,1-3H3/t21-,24+/m1/s1. The molecule has 2 fully saturated rings. The lowest BCUT2D eigenvalue weighted by Gasteiger charge is -2.41. The summed E-state index contributed by atoms with van der Waals surface area (Å²) in [5.41, 5.74) is 2.65. The van der Waals surface area contributed by atoms with Crippen molar-refractivity contribution in [3.8, 4) is 17.0 Å². The highest BCUT2D eigenvalue weighted by molar-refractivity contribution is 5.66. The first-order valence-corrected chi connectivity index (χ1v) is 13.6. The van der Waals surface area contributed by atoms with Crippen molar-refractivity contribution in [3.63, 3.8) is 0 Å². The Kier molecular flexibility index (Phi) is 8.42. The third-order valence-electron chi connectivity index (χ3n) is 7.49. The van der Waals surface area contributed by atoms with Crippen LogP contribution >= 0.6 is 0 Å². The van der Waals surface area contributed by atoms with E-state index in [1.165, 1.54) is 12.1 Å². The number of methoxy groups -OCH3 is 1. The van der Waals surface area contributed by atoms with Gasteiger partial charge in [0.15, 0.2) is 0 Å². The van der Waals surface area contributed by atoms with Crippen LogP contribution in [0.25, 0.3) is 11.3 Å². The number of benzene rings is 1. The van der Waals surface area contributed by atoms with Crippen LogP contribution in [-0.4, -0.2) is 85.3 Å². The third-order valence-corrected chi connectivity index (χ3v) is 7.49. The Morgan fingerprint density at radius 1 is 1.05 bits per heavy atom. The van der Waals surface area contributed by atoms with E-state index in [0.717, 1.165) is 73.2 Å². The molecule has 5 rings (SSSR count). The normalized spacial score (nSPS) is 19.6. The number of aliphatic hydroxyl groups excluding tert-OH is 1. The van der Waals surface area contributed by atoms with Crippen LogP contribution < -0.4 is 19.4 Å². The number of aliphatic hydroxyl groups is 1. The summed E-state index contributed by atoms with van der Waals surface area (Å²) in [4.78, 5) is 21.3. The molecule has 2 aliphatic heterocycles. The molecule has 0 bridgehead atoms. The zero-order valence-electron chi connectivity index (χ0n) is 22.9. The predicted octanol–water partition coefficient (Wildman–Crippen LogP) is 3.69. The van der Waals surface area contributed by atoms with Gasteiger partial charge in [-0.2, -0.15) is 4.98 Å². The zero-order chi connectivity index (χ0) is 27.4. The number of pyridine rings is 1. The van der Waals surface area contributed by atoms with Crippen LogP contribution in [0, 0.1) is 12.7 Å². The number of nitrogens with zero attached hydrogens (tertiary/aromatic N) is 6. The second kappa shape index (κ2) is 12.1. The predicted molar refractivity (Wildman–Crippen MR) is 150 cm³/mol. The summed E-state index contributed by atoms with van der Waals surface area (Å²) in [6.07, 6.45) is 3.67. The molecule has 1 N–H and O–H groups in total. The lowest BCUT2D eigenvalue weighted by Crippen LogP contribution is -2.53. The Bertz CT molecular complexity index is 1260. The van der Waals surface area contributed by atoms with Crippen molar-refractivity contribution in [2.75, 3.05) is 67.8 Å². The second-order valence-electron chi connectivity index (χ2n) is 10.2. The van der Waals surface area contributed by atoms with E-state index in [0.29, 0.717) is 19.2 Å². The largest absolute Gasteiger partial charge is 0.490 e. The molecule has 3 aromatic rings. The van der Waals surface area contributed by atoms with Gasteiger partial charge in [0, 0.05) is 51.0 Å². The fourth-order valence-corrected chi connectivity index (χ4v) is 5.44. The van der Waals surface area contributed by atoms with E-state index in [2.05, 4.69) is 28.5 Å². The average molecular weight is 537 g/mol. The minimum atomic E-state index is -0.281. The number of rotatable bonds is 9. The van der Waals surface area contributed by atoms with Crippen LogP contribution in [0.4, 0.5) is 22.0 Å². The number of piperazine rings is 1. The van der Waals surface area contributed by atoms with Gasteiger partial charge in [0.25, 0.3) is 0 Å². The summed E-state index contributed by atoms with van der Waals surface area (Å²) >= 11 is 0. The van der Waals surface area contributed by atoms with Crippen LogP contribution in [0.1, 0.15) is 25.3 Å². The van der Waals surface area contributed by atoms with Gasteiger partial charge in [0.05, 0.1) is 31.1 Å². The van der Waals surface area contributed by atoms with Crippen molar-refractivity contribution >= 4 is 17.6 Å². The summed E-state index contributed by atoms with van der Waals surface area (Å²) < 4.78 is 24.4. The highest BCUT2D eigenvalue weighted by Crippen LogP contribution is 2.31. The molecule has 10 heteroatoms. The van der Waals surface area contributed by atoms with Crippen molar-refractivity contribution in [2.45, 2.75) is 38.8 Å². The van der Waals surface area contributed by atoms with Gasteiger partial charge in [-0.15, -0.1) is 0 Å². The molecular formula is C29H37FN6O3. The van der Waals surface area contributed by atoms with E-state index in [-0.39, 0.29) is 24.5 Å². The zero-order valence-corrected chi connectivity index (χ0v) is 22.9. The van der Waals surface area contributed by atoms with Gasteiger partial charge < -0.3 is 29.3 Å². The van der Waals surface area contributed by atoms with Crippen LogP contribution in [0.5, 0.6) is 5.75 Å². The lowest BCUT2D eigenvalue weighted by molar-refractivity contribution is 0.146. The fraction of sp³-hybridized carbons (Fsp3) is 0.483. The maximum Gasteiger partial charge on any atom is 0.228 e. The van der Waals surface area contributed by atoms with E-state index < -0.39 is 0 Å². The van der Waals surface area contributed by atoms with Gasteiger partial charge in [-0.1, -0.05) is 0 Å². The first kappa shape index (κ1) is 27.1. The minimum absolute atomic E-state index is 0.00564. The highest BCUT2D eigenvalue weighted by Gasteiger charge is 2.30. The fourth-order valence-electron chi connectivity index (χ4n) is 5.44. The molecule has 9 nitrogen and oxygen atoms in total. The average Bonchev–Trinajstić information content (AvgIpc) is 3.43. The van der Waals surface area contributed by atoms with Crippen molar-refractivity contribution in [1.29, 1.82) is 0 Å². The van der Waals surface area contributed by atoms with Crippen LogP contribution in [0.15, 0.2) is 42.6 Å². The van der Waals surface area contributed by atoms with Crippen molar-refractivity contribution in [3.05, 3.63) is 54.0 Å². The summed E-state index contributed by atoms with van der Waals surface area (Å²) in [7, 11) is 1.65. The topological polar surface area (TPSA) is 87.1 Å². The van der Waals surface area contributed by atoms with Gasteiger partial charge in [-0.25, -0.2) is 14.4 Å². The summed E-state index contributed by atoms with van der Waals surface area (Å²) in [6, 6.07) is 10.6. The third kappa shape index (κ3) is 6.07. The van der Waals surface area contributed by atoms with E-state index in [9.17, 15) is 9.50 Å². The maximum atomic E-state index is 13.6. The molecule has 0 saturated carbocycles. The van der Waals surface area contributed by atoms with Gasteiger partial charge in [-0.3, -0.25) is 0 Å². The quantitative estimate of drug-likeness (QED) is 0.412. The van der Waals surface area contributed by atoms with Gasteiger partial charge in [0.2, 0.25) is 5.95 Å². The minimum Gasteiger partial charge on any atom is -0.490 e. The Morgan fingerprint density at radius 2 is 1.87 bits per heavy atom. The first-order valence-electron chi connectivity index (χ1n) is 13.6. The molecule has 4 heterocycles. The molecule has 2 saturated heterocycles. The lowest BCUT2D eigenvalue weighted by atomic mass is 10.1. The SMILES string of the molecule is COCCOc1cnc(N2CCN(c3cc(-c4ccc(F)cc4)nc(N4CCC[C@H]4CO)n3)[C@H](C)C2)c(C)c1. The Balaban J connectivity index is 1.38. The second-order valence-corrected chi connectivity index (χ2v) is 10.2. The monoisotopic (exact) mass is 536 g/mol. The van der Waals surface area contributed by atoms with E-state index in [1.807, 2.05) is 12.1 Å². The van der Waals surface area contributed by atoms with E-state index >= 15 is 0 Å². The summed E-state index contributed by atoms with van der Waals surface area (Å²) in [5.74, 6) is 2.86. The van der Waals surface area contributed by atoms with Gasteiger partial charge in [0.1, 0.15) is 29.8 Å². The van der Waals surface area contributed by atoms with Gasteiger partial charge >= 0.3 is 0 Å². The molecular weight excluding hydrogens is 499 g/mol. The number of halogens is 1. The molecule has 2 aromatic heterocycles. The molecule has 2 aliphatic rings. The number of ether oxygens (including phenoxy) is 2. The summed E-state index contributed by atoms with van der Waals surface area (Å²) in [6.45, 7) is 8.47. The van der Waals surface area contributed by atoms with E-state index in [4.69, 9.17) is 24.4 Å². The molecule has 0 unspecified atom stereocenters. The van der Waals surface area contributed by atoms with Crippen molar-refractivity contribution < 1.29 is 19.0 Å². The molecule has 39 heavy (non-hydrogen) atoms. The molecule has 2 atom stereocenters. The first-order chi connectivity index (χ1) is 19.0. The molecule has 208 valence electrons. The number of aromatic nitrogens is 3. The highest BCUT2D eigenvalue weighted by atomic mass is 19.1. The van der Waals surface area contributed by atoms with Crippen molar-refractivity contribution in [2.24, 2.45) is 0 Å². The van der Waals surface area contributed by atoms with Crippen LogP contribution in [-0.2, 0) is 4.74 Å². The Labute approximate surface area is 229 Å². The van der Waals surface area contributed by atoms with Crippen molar-refractivity contribution in [1.82, 2.24) is 15.0 Å². The Morgan fingerprint density at radius 3 is 2.59 bits per heavy atom. The number of aryl methyl sites for hydroxylation is 1. The maximum absolute atomic E-state index is 13.6. The molecule has 0 spiro atoms. The molecule has 0 amide bonds. The number of hydrogen-bond donors (Lipinski definition) is 1. The Hall–Kier alpha value is -3.50. The smallest absolute Gasteiger partial charge is 0.228 e. The summed E-state index contributed by atoms with van der Waals surface area (Å²) in [5, 5.41) is 9.93. The number of hydrogen-bond acceptors (Lipinski definition) is 9. The molecule has 0 radical (unpaired) electrons. The molecule has 1 aromatic carbocycles. The van der Waals surface area contributed by atoms with Crippen LogP contribution in [0.3, 0.4) is 0 Å². The number of anilines is 3.